The van der Waals surface area contributed by atoms with Crippen molar-refractivity contribution in [3.8, 4) is 0 Å². The molecule has 1 rings (SSSR count). The smallest absolute Gasteiger partial charge is 0.150 e. The third kappa shape index (κ3) is 1.69. The first kappa shape index (κ1) is 10.9. The molecule has 4 heteroatoms. The van der Waals surface area contributed by atoms with Crippen molar-refractivity contribution < 1.29 is 0 Å². The molecule has 0 spiro atoms. The lowest BCUT2D eigenvalue weighted by Crippen LogP contribution is -2.32. The molecule has 0 bridgehead atoms. The Labute approximate surface area is 85.7 Å². The van der Waals surface area contributed by atoms with Gasteiger partial charge in [0.05, 0.1) is 11.4 Å². The standard InChI is InChI=1S/C10H20N4/c1-6-14(7(2)3)10-9(11)8(4)12-13(10)5/h7H,6,11H2,1-5H3. The normalized spacial score (nSPS) is 11.0. The molecule has 1 heterocycles. The van der Waals surface area contributed by atoms with Crippen LogP contribution in [0.4, 0.5) is 11.5 Å². The summed E-state index contributed by atoms with van der Waals surface area (Å²) in [5.41, 5.74) is 7.69. The van der Waals surface area contributed by atoms with Crippen LogP contribution < -0.4 is 10.6 Å². The number of aromatic nitrogens is 2. The average Bonchev–Trinajstić information content (AvgIpc) is 2.32. The predicted octanol–water partition coefficient (Wildman–Crippen LogP) is 1.55. The quantitative estimate of drug-likeness (QED) is 0.797. The monoisotopic (exact) mass is 196 g/mol. The number of nitrogens with two attached hydrogens (primary N) is 1. The molecule has 1 aromatic heterocycles. The number of nitrogens with zero attached hydrogens (tertiary/aromatic N) is 3. The molecular formula is C10H20N4. The number of nitrogen functional groups attached to an aromatic ring is 1. The second kappa shape index (κ2) is 3.90. The molecule has 1 aromatic rings. The lowest BCUT2D eigenvalue weighted by Gasteiger charge is -2.27. The average molecular weight is 196 g/mol. The van der Waals surface area contributed by atoms with E-state index in [4.69, 9.17) is 5.73 Å². The van der Waals surface area contributed by atoms with Crippen molar-refractivity contribution in [2.75, 3.05) is 17.2 Å². The maximum Gasteiger partial charge on any atom is 0.150 e. The van der Waals surface area contributed by atoms with Gasteiger partial charge in [-0.3, -0.25) is 4.68 Å². The molecule has 0 atom stereocenters. The Morgan fingerprint density at radius 3 is 2.36 bits per heavy atom. The number of rotatable bonds is 3. The van der Waals surface area contributed by atoms with Gasteiger partial charge in [0.2, 0.25) is 0 Å². The largest absolute Gasteiger partial charge is 0.394 e. The number of hydrogen-bond acceptors (Lipinski definition) is 3. The van der Waals surface area contributed by atoms with Crippen LogP contribution in [0.25, 0.3) is 0 Å². The molecule has 0 radical (unpaired) electrons. The van der Waals surface area contributed by atoms with E-state index in [1.165, 1.54) is 0 Å². The van der Waals surface area contributed by atoms with Crippen molar-refractivity contribution in [2.45, 2.75) is 33.7 Å². The number of anilines is 2. The molecule has 0 aliphatic rings. The molecule has 0 amide bonds. The van der Waals surface area contributed by atoms with E-state index in [1.807, 2.05) is 18.7 Å². The predicted molar refractivity (Wildman–Crippen MR) is 60.5 cm³/mol. The van der Waals surface area contributed by atoms with Gasteiger partial charge >= 0.3 is 0 Å². The van der Waals surface area contributed by atoms with E-state index in [2.05, 4.69) is 30.8 Å². The van der Waals surface area contributed by atoms with Crippen molar-refractivity contribution in [1.82, 2.24) is 9.78 Å². The van der Waals surface area contributed by atoms with E-state index < -0.39 is 0 Å². The summed E-state index contributed by atoms with van der Waals surface area (Å²) in [6.07, 6.45) is 0. The molecule has 0 aliphatic heterocycles. The lowest BCUT2D eigenvalue weighted by molar-refractivity contribution is 0.650. The van der Waals surface area contributed by atoms with Gasteiger partial charge in [0.1, 0.15) is 0 Å². The summed E-state index contributed by atoms with van der Waals surface area (Å²) in [4.78, 5) is 2.25. The van der Waals surface area contributed by atoms with E-state index in [0.29, 0.717) is 6.04 Å². The molecule has 2 N–H and O–H groups in total. The van der Waals surface area contributed by atoms with Crippen LogP contribution in [-0.4, -0.2) is 22.4 Å². The fourth-order valence-corrected chi connectivity index (χ4v) is 1.76. The summed E-state index contributed by atoms with van der Waals surface area (Å²) < 4.78 is 1.86. The van der Waals surface area contributed by atoms with E-state index in [1.54, 1.807) is 0 Å². The number of aryl methyl sites for hydroxylation is 2. The van der Waals surface area contributed by atoms with Crippen LogP contribution in [0.3, 0.4) is 0 Å². The summed E-state index contributed by atoms with van der Waals surface area (Å²) in [6, 6.07) is 0.442. The van der Waals surface area contributed by atoms with Crippen LogP contribution in [0.1, 0.15) is 26.5 Å². The zero-order valence-electron chi connectivity index (χ0n) is 9.70. The molecule has 0 aromatic carbocycles. The highest BCUT2D eigenvalue weighted by atomic mass is 15.4. The highest BCUT2D eigenvalue weighted by molar-refractivity contribution is 5.66. The van der Waals surface area contributed by atoms with E-state index in [9.17, 15) is 0 Å². The second-order valence-electron chi connectivity index (χ2n) is 3.83. The molecule has 14 heavy (non-hydrogen) atoms. The summed E-state index contributed by atoms with van der Waals surface area (Å²) in [5.74, 6) is 1.03. The Hall–Kier alpha value is -1.19. The lowest BCUT2D eigenvalue weighted by atomic mass is 10.3. The van der Waals surface area contributed by atoms with Gasteiger partial charge in [-0.25, -0.2) is 0 Å². The number of hydrogen-bond donors (Lipinski definition) is 1. The van der Waals surface area contributed by atoms with Crippen molar-refractivity contribution in [1.29, 1.82) is 0 Å². The molecule has 0 saturated heterocycles. The van der Waals surface area contributed by atoms with Gasteiger partial charge in [-0.1, -0.05) is 0 Å². The summed E-state index contributed by atoms with van der Waals surface area (Å²) in [7, 11) is 1.93. The second-order valence-corrected chi connectivity index (χ2v) is 3.83. The van der Waals surface area contributed by atoms with Gasteiger partial charge < -0.3 is 10.6 Å². The van der Waals surface area contributed by atoms with E-state index in [0.717, 1.165) is 23.7 Å². The Kier molecular flexibility index (Phi) is 3.03. The van der Waals surface area contributed by atoms with Crippen molar-refractivity contribution in [3.63, 3.8) is 0 Å². The fraction of sp³-hybridized carbons (Fsp3) is 0.700. The SMILES string of the molecule is CCN(c1c(N)c(C)nn1C)C(C)C. The van der Waals surface area contributed by atoms with Crippen LogP contribution in [-0.2, 0) is 7.05 Å². The summed E-state index contributed by atoms with van der Waals surface area (Å²) >= 11 is 0. The summed E-state index contributed by atoms with van der Waals surface area (Å²) in [6.45, 7) is 9.33. The van der Waals surface area contributed by atoms with Crippen molar-refractivity contribution >= 4 is 11.5 Å². The maximum atomic E-state index is 5.99. The van der Waals surface area contributed by atoms with Gasteiger partial charge in [-0.05, 0) is 27.7 Å². The zero-order valence-corrected chi connectivity index (χ0v) is 9.70. The van der Waals surface area contributed by atoms with Crippen molar-refractivity contribution in [2.24, 2.45) is 7.05 Å². The first-order valence-corrected chi connectivity index (χ1v) is 5.04. The Balaban J connectivity index is 3.15. The minimum atomic E-state index is 0.442. The highest BCUT2D eigenvalue weighted by Gasteiger charge is 2.17. The van der Waals surface area contributed by atoms with Gasteiger partial charge in [0, 0.05) is 19.6 Å². The van der Waals surface area contributed by atoms with Crippen LogP contribution in [0.5, 0.6) is 0 Å². The Morgan fingerprint density at radius 1 is 1.50 bits per heavy atom. The molecular weight excluding hydrogens is 176 g/mol. The Morgan fingerprint density at radius 2 is 2.07 bits per heavy atom. The Bertz CT molecular complexity index is 314. The van der Waals surface area contributed by atoms with Crippen molar-refractivity contribution in [3.05, 3.63) is 5.69 Å². The molecule has 4 nitrogen and oxygen atoms in total. The first-order chi connectivity index (χ1) is 6.49. The topological polar surface area (TPSA) is 47.1 Å². The van der Waals surface area contributed by atoms with Gasteiger partial charge in [0.25, 0.3) is 0 Å². The van der Waals surface area contributed by atoms with Gasteiger partial charge in [-0.15, -0.1) is 0 Å². The first-order valence-electron chi connectivity index (χ1n) is 5.04. The van der Waals surface area contributed by atoms with Crippen LogP contribution in [0, 0.1) is 6.92 Å². The molecule has 80 valence electrons. The van der Waals surface area contributed by atoms with Gasteiger partial charge in [-0.2, -0.15) is 5.10 Å². The minimum Gasteiger partial charge on any atom is -0.394 e. The molecule has 0 saturated carbocycles. The highest BCUT2D eigenvalue weighted by Crippen LogP contribution is 2.26. The zero-order chi connectivity index (χ0) is 10.9. The third-order valence-electron chi connectivity index (χ3n) is 2.47. The maximum absolute atomic E-state index is 5.99. The molecule has 0 fully saturated rings. The molecule has 0 unspecified atom stereocenters. The molecule has 0 aliphatic carbocycles. The fourth-order valence-electron chi connectivity index (χ4n) is 1.76. The van der Waals surface area contributed by atoms with E-state index in [-0.39, 0.29) is 0 Å². The summed E-state index contributed by atoms with van der Waals surface area (Å²) in [5, 5.41) is 4.31. The van der Waals surface area contributed by atoms with Crippen LogP contribution >= 0.6 is 0 Å². The van der Waals surface area contributed by atoms with Crippen LogP contribution in [0.2, 0.25) is 0 Å². The third-order valence-corrected chi connectivity index (χ3v) is 2.47. The van der Waals surface area contributed by atoms with Crippen LogP contribution in [0.15, 0.2) is 0 Å². The van der Waals surface area contributed by atoms with Gasteiger partial charge in [0.15, 0.2) is 5.82 Å². The van der Waals surface area contributed by atoms with E-state index >= 15 is 0 Å². The minimum absolute atomic E-state index is 0.442.